The van der Waals surface area contributed by atoms with Crippen LogP contribution in [0.2, 0.25) is 0 Å². The van der Waals surface area contributed by atoms with Gasteiger partial charge in [0.25, 0.3) is 0 Å². The molecule has 0 aliphatic carbocycles. The Hall–Kier alpha value is -0.630. The van der Waals surface area contributed by atoms with Crippen LogP contribution < -0.4 is 5.32 Å². The van der Waals surface area contributed by atoms with Crippen LogP contribution in [0.5, 0.6) is 0 Å². The predicted octanol–water partition coefficient (Wildman–Crippen LogP) is 3.01. The summed E-state index contributed by atoms with van der Waals surface area (Å²) in [6.45, 7) is 13.6. The maximum Gasteiger partial charge on any atom is 0.0886 e. The van der Waals surface area contributed by atoms with Gasteiger partial charge in [-0.1, -0.05) is 26.8 Å². The van der Waals surface area contributed by atoms with E-state index >= 15 is 0 Å². The lowest BCUT2D eigenvalue weighted by Gasteiger charge is -2.19. The molecule has 1 N–H and O–H groups in total. The Morgan fingerprint density at radius 1 is 1.36 bits per heavy atom. The standard InChI is InChI=1S/C12H24N2/c1-7-11(12(4,5)6)8-13-9-14-10(2)3/h7-8,10,14H,9H2,1-6H3/b11-7+,13-8-. The molecule has 0 aliphatic rings. The largest absolute Gasteiger partial charge is 0.296 e. The summed E-state index contributed by atoms with van der Waals surface area (Å²) in [6.07, 6.45) is 4.09. The molecule has 0 amide bonds. The van der Waals surface area contributed by atoms with Crippen LogP contribution in [0.3, 0.4) is 0 Å². The van der Waals surface area contributed by atoms with Crippen molar-refractivity contribution in [3.8, 4) is 0 Å². The Balaban J connectivity index is 4.09. The number of rotatable bonds is 4. The van der Waals surface area contributed by atoms with Gasteiger partial charge in [0.1, 0.15) is 0 Å². The molecule has 0 bridgehead atoms. The summed E-state index contributed by atoms with van der Waals surface area (Å²) >= 11 is 0. The molecule has 0 saturated heterocycles. The summed E-state index contributed by atoms with van der Waals surface area (Å²) in [6, 6.07) is 0.496. The van der Waals surface area contributed by atoms with Gasteiger partial charge in [0, 0.05) is 12.3 Å². The lowest BCUT2D eigenvalue weighted by molar-refractivity contribution is 0.525. The van der Waals surface area contributed by atoms with E-state index in [2.05, 4.69) is 57.9 Å². The first kappa shape index (κ1) is 13.4. The third-order valence-corrected chi connectivity index (χ3v) is 2.00. The summed E-state index contributed by atoms with van der Waals surface area (Å²) in [4.78, 5) is 4.34. The van der Waals surface area contributed by atoms with Crippen molar-refractivity contribution in [2.75, 3.05) is 6.67 Å². The molecule has 14 heavy (non-hydrogen) atoms. The minimum Gasteiger partial charge on any atom is -0.296 e. The first-order chi connectivity index (χ1) is 6.38. The third kappa shape index (κ3) is 5.92. The molecule has 0 rings (SSSR count). The topological polar surface area (TPSA) is 24.4 Å². The average molecular weight is 196 g/mol. The Morgan fingerprint density at radius 3 is 2.29 bits per heavy atom. The summed E-state index contributed by atoms with van der Waals surface area (Å²) < 4.78 is 0. The van der Waals surface area contributed by atoms with Gasteiger partial charge in [-0.25, -0.2) is 0 Å². The van der Waals surface area contributed by atoms with Crippen LogP contribution in [0.15, 0.2) is 16.6 Å². The molecular formula is C12H24N2. The number of nitrogens with one attached hydrogen (secondary N) is 1. The van der Waals surface area contributed by atoms with Gasteiger partial charge in [-0.05, 0) is 31.8 Å². The van der Waals surface area contributed by atoms with Crippen LogP contribution >= 0.6 is 0 Å². The Labute approximate surface area is 88.5 Å². The number of aliphatic imine (C=N–C) groups is 1. The van der Waals surface area contributed by atoms with E-state index < -0.39 is 0 Å². The van der Waals surface area contributed by atoms with Gasteiger partial charge in [0.15, 0.2) is 0 Å². The summed E-state index contributed by atoms with van der Waals surface area (Å²) in [7, 11) is 0. The van der Waals surface area contributed by atoms with Crippen LogP contribution in [0, 0.1) is 5.41 Å². The lowest BCUT2D eigenvalue weighted by Crippen LogP contribution is -2.22. The highest BCUT2D eigenvalue weighted by Crippen LogP contribution is 2.22. The second kappa shape index (κ2) is 5.97. The Bertz CT molecular complexity index is 207. The molecule has 0 aromatic heterocycles. The van der Waals surface area contributed by atoms with E-state index in [4.69, 9.17) is 0 Å². The highest BCUT2D eigenvalue weighted by molar-refractivity contribution is 5.79. The smallest absolute Gasteiger partial charge is 0.0886 e. The molecule has 0 aliphatic heterocycles. The first-order valence-corrected chi connectivity index (χ1v) is 5.28. The molecule has 0 heterocycles. The molecule has 0 aromatic rings. The van der Waals surface area contributed by atoms with E-state index in [1.54, 1.807) is 0 Å². The monoisotopic (exact) mass is 196 g/mol. The molecule has 0 aromatic carbocycles. The molecule has 0 saturated carbocycles. The van der Waals surface area contributed by atoms with E-state index in [-0.39, 0.29) is 5.41 Å². The van der Waals surface area contributed by atoms with Crippen molar-refractivity contribution in [3.05, 3.63) is 11.6 Å². The second-order valence-electron chi connectivity index (χ2n) is 4.82. The molecule has 0 spiro atoms. The van der Waals surface area contributed by atoms with E-state index in [9.17, 15) is 0 Å². The Kier molecular flexibility index (Phi) is 5.70. The van der Waals surface area contributed by atoms with E-state index in [1.165, 1.54) is 5.57 Å². The number of allylic oxidation sites excluding steroid dienone is 2. The average Bonchev–Trinajstić information content (AvgIpc) is 2.01. The zero-order valence-corrected chi connectivity index (χ0v) is 10.4. The Morgan fingerprint density at radius 2 is 1.93 bits per heavy atom. The van der Waals surface area contributed by atoms with Gasteiger partial charge in [0.2, 0.25) is 0 Å². The molecule has 2 heteroatoms. The maximum absolute atomic E-state index is 4.34. The number of hydrogen-bond donors (Lipinski definition) is 1. The predicted molar refractivity (Wildman–Crippen MR) is 64.8 cm³/mol. The minimum absolute atomic E-state index is 0.191. The lowest BCUT2D eigenvalue weighted by atomic mass is 9.87. The van der Waals surface area contributed by atoms with Crippen LogP contribution in [0.1, 0.15) is 41.5 Å². The highest BCUT2D eigenvalue weighted by Gasteiger charge is 2.13. The maximum atomic E-state index is 4.34. The summed E-state index contributed by atoms with van der Waals surface area (Å²) in [5, 5.41) is 3.25. The van der Waals surface area contributed by atoms with Crippen LogP contribution in [0.25, 0.3) is 0 Å². The summed E-state index contributed by atoms with van der Waals surface area (Å²) in [5.41, 5.74) is 1.47. The molecular weight excluding hydrogens is 172 g/mol. The van der Waals surface area contributed by atoms with Gasteiger partial charge in [-0.3, -0.25) is 10.3 Å². The fraction of sp³-hybridized carbons (Fsp3) is 0.750. The number of nitrogens with zero attached hydrogens (tertiary/aromatic N) is 1. The van der Waals surface area contributed by atoms with Gasteiger partial charge in [-0.2, -0.15) is 0 Å². The minimum atomic E-state index is 0.191. The van der Waals surface area contributed by atoms with Crippen molar-refractivity contribution in [1.29, 1.82) is 0 Å². The fourth-order valence-corrected chi connectivity index (χ4v) is 1.08. The quantitative estimate of drug-likeness (QED) is 0.687. The molecule has 2 nitrogen and oxygen atoms in total. The second-order valence-corrected chi connectivity index (χ2v) is 4.82. The zero-order chi connectivity index (χ0) is 11.2. The van der Waals surface area contributed by atoms with Crippen molar-refractivity contribution in [2.45, 2.75) is 47.6 Å². The van der Waals surface area contributed by atoms with Crippen molar-refractivity contribution >= 4 is 6.21 Å². The van der Waals surface area contributed by atoms with Gasteiger partial charge < -0.3 is 0 Å². The molecule has 0 unspecified atom stereocenters. The van der Waals surface area contributed by atoms with E-state index in [0.717, 1.165) is 0 Å². The fourth-order valence-electron chi connectivity index (χ4n) is 1.08. The number of hydrogen-bond acceptors (Lipinski definition) is 2. The van der Waals surface area contributed by atoms with Crippen molar-refractivity contribution in [3.63, 3.8) is 0 Å². The van der Waals surface area contributed by atoms with Crippen molar-refractivity contribution in [2.24, 2.45) is 10.4 Å². The zero-order valence-electron chi connectivity index (χ0n) is 10.4. The van der Waals surface area contributed by atoms with E-state index in [0.29, 0.717) is 12.7 Å². The highest BCUT2D eigenvalue weighted by atomic mass is 15.0. The molecule has 0 fully saturated rings. The van der Waals surface area contributed by atoms with Crippen LogP contribution in [0.4, 0.5) is 0 Å². The van der Waals surface area contributed by atoms with Gasteiger partial charge in [-0.15, -0.1) is 0 Å². The van der Waals surface area contributed by atoms with Crippen molar-refractivity contribution in [1.82, 2.24) is 5.32 Å². The third-order valence-electron chi connectivity index (χ3n) is 2.00. The van der Waals surface area contributed by atoms with E-state index in [1.807, 2.05) is 6.21 Å². The van der Waals surface area contributed by atoms with Crippen molar-refractivity contribution < 1.29 is 0 Å². The SMILES string of the molecule is C/C=C(\C=N/CNC(C)C)C(C)(C)C. The molecule has 0 atom stereocenters. The normalized spacial score (nSPS) is 14.4. The van der Waals surface area contributed by atoms with Gasteiger partial charge >= 0.3 is 0 Å². The summed E-state index contributed by atoms with van der Waals surface area (Å²) in [5.74, 6) is 0. The van der Waals surface area contributed by atoms with Crippen LogP contribution in [-0.2, 0) is 0 Å². The van der Waals surface area contributed by atoms with Crippen LogP contribution in [-0.4, -0.2) is 18.9 Å². The molecule has 82 valence electrons. The van der Waals surface area contributed by atoms with Gasteiger partial charge in [0.05, 0.1) is 6.67 Å². The first-order valence-electron chi connectivity index (χ1n) is 5.28. The molecule has 0 radical (unpaired) electrons.